The molecule has 5 rings (SSSR count). The van der Waals surface area contributed by atoms with Crippen LogP contribution in [-0.2, 0) is 0 Å². The second-order valence-electron chi connectivity index (χ2n) is 6.95. The number of rotatable bonds is 5. The maximum Gasteiger partial charge on any atom is 0.270 e. The number of anilines is 1. The third-order valence-corrected chi connectivity index (χ3v) is 6.01. The van der Waals surface area contributed by atoms with E-state index in [1.54, 1.807) is 34.1 Å². The number of hydrogen-bond acceptors (Lipinski definition) is 7. The highest BCUT2D eigenvalue weighted by Crippen LogP contribution is 2.27. The van der Waals surface area contributed by atoms with Crippen LogP contribution in [0.2, 0.25) is 5.02 Å². The Morgan fingerprint density at radius 3 is 2.70 bits per heavy atom. The fourth-order valence-corrected chi connectivity index (χ4v) is 4.21. The zero-order valence-electron chi connectivity index (χ0n) is 16.7. The Hall–Kier alpha value is -4.15. The van der Waals surface area contributed by atoms with E-state index in [2.05, 4.69) is 20.6 Å². The van der Waals surface area contributed by atoms with E-state index in [1.165, 1.54) is 12.1 Å². The number of nitro groups is 1. The lowest BCUT2D eigenvalue weighted by atomic mass is 10.1. The first-order valence-electron chi connectivity index (χ1n) is 9.62. The van der Waals surface area contributed by atoms with E-state index in [0.29, 0.717) is 22.9 Å². The smallest absolute Gasteiger partial charge is 0.270 e. The molecule has 3 heterocycles. The van der Waals surface area contributed by atoms with Gasteiger partial charge in [-0.05, 0) is 41.8 Å². The number of amides is 1. The molecule has 0 aliphatic heterocycles. The van der Waals surface area contributed by atoms with Crippen molar-refractivity contribution in [2.45, 2.75) is 0 Å². The molecule has 162 valence electrons. The maximum atomic E-state index is 12.7. The second-order valence-corrected chi connectivity index (χ2v) is 8.30. The molecule has 0 aliphatic carbocycles. The molecule has 0 atom stereocenters. The van der Waals surface area contributed by atoms with Crippen LogP contribution in [0.15, 0.2) is 72.1 Å². The number of carbonyl (C=O) groups is 1. The van der Waals surface area contributed by atoms with E-state index in [0.717, 1.165) is 16.5 Å². The fraction of sp³-hybridized carbons (Fsp3) is 0. The van der Waals surface area contributed by atoms with Gasteiger partial charge in [0.15, 0.2) is 11.5 Å². The summed E-state index contributed by atoms with van der Waals surface area (Å²) < 4.78 is 1.68. The highest BCUT2D eigenvalue weighted by molar-refractivity contribution is 7.13. The van der Waals surface area contributed by atoms with Crippen molar-refractivity contribution in [2.24, 2.45) is 0 Å². The van der Waals surface area contributed by atoms with Gasteiger partial charge in [0.05, 0.1) is 26.1 Å². The topological polar surface area (TPSA) is 115 Å². The molecule has 0 radical (unpaired) electrons. The van der Waals surface area contributed by atoms with Crippen molar-refractivity contribution in [1.29, 1.82) is 0 Å². The van der Waals surface area contributed by atoms with Crippen LogP contribution >= 0.6 is 22.9 Å². The van der Waals surface area contributed by atoms with Gasteiger partial charge in [0.25, 0.3) is 11.6 Å². The quantitative estimate of drug-likeness (QED) is 0.270. The molecule has 0 fully saturated rings. The third-order valence-electron chi connectivity index (χ3n) is 4.83. The summed E-state index contributed by atoms with van der Waals surface area (Å²) in [7, 11) is 0. The van der Waals surface area contributed by atoms with Gasteiger partial charge in [-0.3, -0.25) is 14.9 Å². The van der Waals surface area contributed by atoms with E-state index in [1.807, 2.05) is 35.7 Å². The number of carbonyl (C=O) groups excluding carboxylic acids is 1. The monoisotopic (exact) mass is 476 g/mol. The lowest BCUT2D eigenvalue weighted by molar-refractivity contribution is -0.384. The molecular formula is C22H13ClN6O3S. The number of fused-ring (bicyclic) bond motifs is 1. The lowest BCUT2D eigenvalue weighted by Gasteiger charge is -2.09. The SMILES string of the molecule is O=C(Nc1cccc(-c2ccc3nnc(-c4cccs4)n3n2)c1)c1ccc([N+](=O)[O-])cc1Cl. The Balaban J connectivity index is 1.44. The average Bonchev–Trinajstić information content (AvgIpc) is 3.48. The predicted molar refractivity (Wildman–Crippen MR) is 126 cm³/mol. The van der Waals surface area contributed by atoms with Gasteiger partial charge in [-0.2, -0.15) is 9.61 Å². The van der Waals surface area contributed by atoms with Gasteiger partial charge in [0.1, 0.15) is 0 Å². The molecule has 3 aromatic heterocycles. The first-order valence-corrected chi connectivity index (χ1v) is 10.9. The van der Waals surface area contributed by atoms with Gasteiger partial charge in [-0.15, -0.1) is 21.5 Å². The lowest BCUT2D eigenvalue weighted by Crippen LogP contribution is -2.12. The van der Waals surface area contributed by atoms with Crippen molar-refractivity contribution in [2.75, 3.05) is 5.32 Å². The summed E-state index contributed by atoms with van der Waals surface area (Å²) in [6.07, 6.45) is 0. The van der Waals surface area contributed by atoms with Crippen molar-refractivity contribution >= 4 is 45.9 Å². The van der Waals surface area contributed by atoms with E-state index in [4.69, 9.17) is 11.6 Å². The van der Waals surface area contributed by atoms with E-state index in [-0.39, 0.29) is 16.3 Å². The number of hydrogen-bond donors (Lipinski definition) is 1. The standard InChI is InChI=1S/C22H13ClN6O3S/c23-17-12-15(29(31)32)6-7-16(17)22(30)24-14-4-1-3-13(11-14)18-8-9-20-25-26-21(28(20)27-18)19-5-2-10-33-19/h1-12H,(H,24,30). The molecule has 11 heteroatoms. The van der Waals surface area contributed by atoms with Crippen molar-refractivity contribution in [3.63, 3.8) is 0 Å². The Bertz CT molecular complexity index is 1520. The number of benzene rings is 2. The van der Waals surface area contributed by atoms with Crippen molar-refractivity contribution in [3.05, 3.63) is 92.8 Å². The zero-order valence-corrected chi connectivity index (χ0v) is 18.2. The van der Waals surface area contributed by atoms with Gasteiger partial charge < -0.3 is 5.32 Å². The first-order chi connectivity index (χ1) is 16.0. The Morgan fingerprint density at radius 1 is 1.06 bits per heavy atom. The predicted octanol–water partition coefficient (Wildman–Crippen LogP) is 5.33. The Labute approximate surface area is 195 Å². The summed E-state index contributed by atoms with van der Waals surface area (Å²) in [6.45, 7) is 0. The summed E-state index contributed by atoms with van der Waals surface area (Å²) >= 11 is 7.62. The Kier molecular flexibility index (Phi) is 5.29. The Morgan fingerprint density at radius 2 is 1.94 bits per heavy atom. The number of nitrogens with zero attached hydrogens (tertiary/aromatic N) is 5. The molecule has 1 amide bonds. The largest absolute Gasteiger partial charge is 0.322 e. The van der Waals surface area contributed by atoms with E-state index >= 15 is 0 Å². The van der Waals surface area contributed by atoms with E-state index < -0.39 is 10.8 Å². The minimum absolute atomic E-state index is 0.00122. The zero-order chi connectivity index (χ0) is 22.9. The first kappa shape index (κ1) is 20.7. The van der Waals surface area contributed by atoms with Gasteiger partial charge in [-0.25, -0.2) is 0 Å². The van der Waals surface area contributed by atoms with Gasteiger partial charge in [-0.1, -0.05) is 29.8 Å². The average molecular weight is 477 g/mol. The van der Waals surface area contributed by atoms with Crippen molar-refractivity contribution in [1.82, 2.24) is 19.8 Å². The van der Waals surface area contributed by atoms with Gasteiger partial charge >= 0.3 is 0 Å². The summed E-state index contributed by atoms with van der Waals surface area (Å²) in [6, 6.07) is 18.4. The molecule has 9 nitrogen and oxygen atoms in total. The molecule has 0 bridgehead atoms. The van der Waals surface area contributed by atoms with Crippen LogP contribution in [-0.4, -0.2) is 30.6 Å². The molecule has 0 unspecified atom stereocenters. The molecule has 1 N–H and O–H groups in total. The summed E-state index contributed by atoms with van der Waals surface area (Å²) in [5, 5.41) is 28.7. The van der Waals surface area contributed by atoms with Crippen LogP contribution < -0.4 is 5.32 Å². The summed E-state index contributed by atoms with van der Waals surface area (Å²) in [4.78, 5) is 23.9. The molecule has 33 heavy (non-hydrogen) atoms. The van der Waals surface area contributed by atoms with Gasteiger partial charge in [0.2, 0.25) is 0 Å². The van der Waals surface area contributed by atoms with Crippen LogP contribution in [0.4, 0.5) is 11.4 Å². The minimum atomic E-state index is -0.569. The van der Waals surface area contributed by atoms with Crippen LogP contribution in [0.1, 0.15) is 10.4 Å². The van der Waals surface area contributed by atoms with Crippen LogP contribution in [0.3, 0.4) is 0 Å². The molecule has 0 aliphatic rings. The number of nitro benzene ring substituents is 1. The fourth-order valence-electron chi connectivity index (χ4n) is 3.26. The maximum absolute atomic E-state index is 12.7. The van der Waals surface area contributed by atoms with Crippen LogP contribution in [0, 0.1) is 10.1 Å². The molecule has 0 saturated carbocycles. The number of aromatic nitrogens is 4. The second kappa shape index (κ2) is 8.41. The van der Waals surface area contributed by atoms with Crippen LogP contribution in [0.25, 0.3) is 27.6 Å². The molecule has 0 saturated heterocycles. The number of non-ortho nitro benzene ring substituents is 1. The van der Waals surface area contributed by atoms with Crippen molar-refractivity contribution in [3.8, 4) is 22.0 Å². The normalized spacial score (nSPS) is 10.9. The summed E-state index contributed by atoms with van der Waals surface area (Å²) in [5.74, 6) is 0.174. The van der Waals surface area contributed by atoms with Crippen LogP contribution in [0.5, 0.6) is 0 Å². The number of halogens is 1. The minimum Gasteiger partial charge on any atom is -0.322 e. The number of thiophene rings is 1. The van der Waals surface area contributed by atoms with Gasteiger partial charge in [0, 0.05) is 23.4 Å². The molecular weight excluding hydrogens is 464 g/mol. The van der Waals surface area contributed by atoms with E-state index in [9.17, 15) is 14.9 Å². The van der Waals surface area contributed by atoms with Crippen molar-refractivity contribution < 1.29 is 9.72 Å². The summed E-state index contributed by atoms with van der Waals surface area (Å²) in [5.41, 5.74) is 2.54. The number of nitrogens with one attached hydrogen (secondary N) is 1. The highest BCUT2D eigenvalue weighted by atomic mass is 35.5. The molecule has 0 spiro atoms. The highest BCUT2D eigenvalue weighted by Gasteiger charge is 2.16. The molecule has 2 aromatic carbocycles. The third kappa shape index (κ3) is 4.04. The molecule has 5 aromatic rings.